The highest BCUT2D eigenvalue weighted by atomic mass is 16.5. The van der Waals surface area contributed by atoms with E-state index in [0.717, 1.165) is 33.4 Å². The highest BCUT2D eigenvalue weighted by Crippen LogP contribution is 2.60. The van der Waals surface area contributed by atoms with Crippen molar-refractivity contribution in [2.75, 3.05) is 71.1 Å². The Balaban J connectivity index is 1.20. The third kappa shape index (κ3) is 11.9. The molecule has 8 aromatic rings. The molecule has 0 bridgehead atoms. The molecular weight excluding hydrogens is 1080 g/mol. The summed E-state index contributed by atoms with van der Waals surface area (Å²) in [5.74, 6) is 2.45. The first-order chi connectivity index (χ1) is 41.4. The number of phenols is 1. The molecule has 8 aromatic carbocycles. The van der Waals surface area contributed by atoms with Gasteiger partial charge >= 0.3 is 0 Å². The van der Waals surface area contributed by atoms with Gasteiger partial charge in [0.15, 0.2) is 11.6 Å². The van der Waals surface area contributed by atoms with Crippen LogP contribution in [0.3, 0.4) is 0 Å². The maximum atomic E-state index is 15.7. The van der Waals surface area contributed by atoms with Gasteiger partial charge in [-0.15, -0.1) is 0 Å². The molecule has 0 spiro atoms. The highest BCUT2D eigenvalue weighted by molar-refractivity contribution is 6.08. The van der Waals surface area contributed by atoms with Crippen LogP contribution in [0.1, 0.15) is 95.4 Å². The molecule has 0 saturated carbocycles. The molecule has 10 rings (SSSR count). The number of carbonyl (C=O) groups is 2. The first kappa shape index (κ1) is 58.6. The molecule has 0 aliphatic carbocycles. The van der Waals surface area contributed by atoms with Crippen molar-refractivity contribution in [3.05, 3.63) is 219 Å². The number of aromatic hydroxyl groups is 1. The van der Waals surface area contributed by atoms with Crippen molar-refractivity contribution in [2.45, 2.75) is 36.6 Å². The van der Waals surface area contributed by atoms with Crippen LogP contribution >= 0.6 is 0 Å². The Morgan fingerprint density at radius 3 is 1.56 bits per heavy atom. The summed E-state index contributed by atoms with van der Waals surface area (Å²) in [5, 5.41) is 11.6. The minimum Gasteiger partial charge on any atom is -0.507 e. The molecular formula is C70H68O15. The molecule has 15 nitrogen and oxygen atoms in total. The number of ketones is 2. The maximum Gasteiger partial charge on any atom is 0.189 e. The number of ether oxygens (including phenoxy) is 12. The average Bonchev–Trinajstić information content (AvgIpc) is 2.95. The number of Topliss-reactive ketones (excluding diaryl/α,β-unsaturated/α-hetero) is 1. The van der Waals surface area contributed by atoms with Gasteiger partial charge in [-0.25, -0.2) is 0 Å². The van der Waals surface area contributed by atoms with Gasteiger partial charge in [0.1, 0.15) is 75.1 Å². The van der Waals surface area contributed by atoms with Gasteiger partial charge in [0.05, 0.1) is 100 Å². The minimum absolute atomic E-state index is 0.117. The van der Waals surface area contributed by atoms with Crippen molar-refractivity contribution >= 4 is 17.6 Å². The highest BCUT2D eigenvalue weighted by Gasteiger charge is 2.52. The molecule has 1 N–H and O–H groups in total. The molecule has 15 heteroatoms. The van der Waals surface area contributed by atoms with Gasteiger partial charge in [0, 0.05) is 64.3 Å². The number of hydrogen-bond donors (Lipinski definition) is 1. The van der Waals surface area contributed by atoms with Crippen LogP contribution in [0.2, 0.25) is 0 Å². The van der Waals surface area contributed by atoms with Crippen molar-refractivity contribution in [1.82, 2.24) is 0 Å². The predicted molar refractivity (Wildman–Crippen MR) is 322 cm³/mol. The molecule has 2 aliphatic rings. The third-order valence-electron chi connectivity index (χ3n) is 16.2. The van der Waals surface area contributed by atoms with E-state index < -0.39 is 42.0 Å². The molecule has 7 atom stereocenters. The van der Waals surface area contributed by atoms with Crippen molar-refractivity contribution in [3.63, 3.8) is 0 Å². The number of hydrogen-bond acceptors (Lipinski definition) is 15. The fraction of sp³-hybridized carbons (Fsp3) is 0.257. The zero-order valence-electron chi connectivity index (χ0n) is 49.1. The second kappa shape index (κ2) is 25.9. The molecule has 438 valence electrons. The van der Waals surface area contributed by atoms with Crippen LogP contribution in [-0.4, -0.2) is 87.8 Å². The Hall–Kier alpha value is -9.60. The molecule has 1 saturated heterocycles. The number of allylic oxidation sites excluding steroid dienone is 1. The van der Waals surface area contributed by atoms with E-state index in [4.69, 9.17) is 56.8 Å². The summed E-state index contributed by atoms with van der Waals surface area (Å²) in [6.07, 6.45) is 1.33. The van der Waals surface area contributed by atoms with Crippen LogP contribution in [-0.2, 0) is 11.2 Å². The zero-order chi connectivity index (χ0) is 59.9. The Morgan fingerprint density at radius 1 is 0.471 bits per heavy atom. The van der Waals surface area contributed by atoms with Gasteiger partial charge < -0.3 is 61.9 Å². The summed E-state index contributed by atoms with van der Waals surface area (Å²) in [6.45, 7) is 0. The number of fused-ring (bicyclic) bond motifs is 1. The normalized spacial score (nSPS) is 18.1. The van der Waals surface area contributed by atoms with E-state index >= 15 is 4.79 Å². The molecule has 0 radical (unpaired) electrons. The van der Waals surface area contributed by atoms with Crippen LogP contribution in [0.25, 0.3) is 6.08 Å². The summed E-state index contributed by atoms with van der Waals surface area (Å²) in [7, 11) is 15.8. The molecule has 7 unspecified atom stereocenters. The Kier molecular flexibility index (Phi) is 17.9. The Morgan fingerprint density at radius 2 is 0.988 bits per heavy atom. The lowest BCUT2D eigenvalue weighted by Crippen LogP contribution is -2.27. The van der Waals surface area contributed by atoms with Crippen LogP contribution < -0.4 is 52.1 Å². The number of rotatable bonds is 23. The van der Waals surface area contributed by atoms with Gasteiger partial charge in [-0.1, -0.05) is 54.6 Å². The average molecular weight is 1150 g/mol. The second-order valence-electron chi connectivity index (χ2n) is 20.6. The number of benzene rings is 8. The van der Waals surface area contributed by atoms with Crippen LogP contribution in [0, 0.1) is 11.8 Å². The fourth-order valence-electron chi connectivity index (χ4n) is 11.9. The number of phenolic OH excluding ortho intramolecular Hbond substituents is 1. The summed E-state index contributed by atoms with van der Waals surface area (Å²) < 4.78 is 72.9. The van der Waals surface area contributed by atoms with Gasteiger partial charge in [-0.3, -0.25) is 9.59 Å². The smallest absolute Gasteiger partial charge is 0.189 e. The molecule has 1 fully saturated rings. The lowest BCUT2D eigenvalue weighted by Gasteiger charge is -2.33. The summed E-state index contributed by atoms with van der Waals surface area (Å²) >= 11 is 0. The zero-order valence-corrected chi connectivity index (χ0v) is 49.1. The maximum absolute atomic E-state index is 15.7. The standard InChI is InChI=1S/C70H68O15/c1-74-44-19-11-40(12-20-44)34-56-66(67(73)51-29-26-47(77-4)35-58(51)72)69(43-17-23-46(76-3)24-18-43)85-70(56)55-38-54(62(82-9)39-63(55)83-10)64(52-30-27-49(79-6)37-61(52)81-8)65-53-33-41(13-31-57(71)50-28-25-48(78-5)36-60(50)80-7)14-32-59(53)84-68(65)42-15-21-45(75-2)22-16-42/h11-33,35-39,56,64-66,68-70,72H,34H2,1-10H3. The van der Waals surface area contributed by atoms with Crippen LogP contribution in [0.4, 0.5) is 0 Å². The first-order valence-electron chi connectivity index (χ1n) is 27.6. The number of carbonyl (C=O) groups excluding carboxylic acids is 2. The molecule has 2 heterocycles. The number of methoxy groups -OCH3 is 10. The van der Waals surface area contributed by atoms with E-state index in [1.165, 1.54) is 26.4 Å². The Labute approximate surface area is 495 Å². The van der Waals surface area contributed by atoms with Crippen molar-refractivity contribution in [3.8, 4) is 69.0 Å². The summed E-state index contributed by atoms with van der Waals surface area (Å²) in [4.78, 5) is 29.6. The van der Waals surface area contributed by atoms with E-state index in [9.17, 15) is 9.90 Å². The van der Waals surface area contributed by atoms with Crippen molar-refractivity contribution in [1.29, 1.82) is 0 Å². The predicted octanol–water partition coefficient (Wildman–Crippen LogP) is 13.6. The summed E-state index contributed by atoms with van der Waals surface area (Å²) in [5.41, 5.74) is 6.65. The van der Waals surface area contributed by atoms with E-state index in [0.29, 0.717) is 86.4 Å². The minimum atomic E-state index is -0.883. The van der Waals surface area contributed by atoms with Crippen molar-refractivity contribution in [2.24, 2.45) is 11.8 Å². The first-order valence-corrected chi connectivity index (χ1v) is 27.6. The molecule has 2 aliphatic heterocycles. The van der Waals surface area contributed by atoms with Gasteiger partial charge in [0.2, 0.25) is 0 Å². The van der Waals surface area contributed by atoms with Crippen LogP contribution in [0.15, 0.2) is 164 Å². The van der Waals surface area contributed by atoms with E-state index in [-0.39, 0.29) is 22.9 Å². The second-order valence-corrected chi connectivity index (χ2v) is 20.6. The fourth-order valence-corrected chi connectivity index (χ4v) is 11.9. The van der Waals surface area contributed by atoms with Gasteiger partial charge in [-0.05, 0) is 120 Å². The topological polar surface area (TPSA) is 165 Å². The van der Waals surface area contributed by atoms with E-state index in [1.54, 1.807) is 93.3 Å². The molecule has 0 aromatic heterocycles. The van der Waals surface area contributed by atoms with Crippen molar-refractivity contribution < 1.29 is 71.5 Å². The largest absolute Gasteiger partial charge is 0.507 e. The SMILES string of the molecule is COc1ccc(CC2C(c3cc(C(c4ccc(OC)cc4OC)C4c5cc(C=CC(=O)c6ccc(OC)cc6OC)ccc5OC4c4ccc(OC)cc4)c(OC)cc3OC)OC(c3ccc(OC)cc3)C2C(=O)c2ccc(OC)cc2O)cc1. The molecule has 0 amide bonds. The lowest BCUT2D eigenvalue weighted by molar-refractivity contribution is 0.0253. The van der Waals surface area contributed by atoms with Crippen LogP contribution in [0.5, 0.6) is 69.0 Å². The summed E-state index contributed by atoms with van der Waals surface area (Å²) in [6, 6.07) is 48.4. The van der Waals surface area contributed by atoms with E-state index in [1.807, 2.05) is 115 Å². The van der Waals surface area contributed by atoms with Gasteiger partial charge in [0.25, 0.3) is 0 Å². The third-order valence-corrected chi connectivity index (χ3v) is 16.2. The lowest BCUT2D eigenvalue weighted by atomic mass is 9.71. The Bertz CT molecular complexity index is 3710. The monoisotopic (exact) mass is 1150 g/mol. The van der Waals surface area contributed by atoms with Gasteiger partial charge in [-0.2, -0.15) is 0 Å². The molecule has 85 heavy (non-hydrogen) atoms. The van der Waals surface area contributed by atoms with E-state index in [2.05, 4.69) is 6.07 Å². The quantitative estimate of drug-likeness (QED) is 0.0475.